The van der Waals surface area contributed by atoms with E-state index in [0.29, 0.717) is 0 Å². The predicted molar refractivity (Wildman–Crippen MR) is 70.8 cm³/mol. The Morgan fingerprint density at radius 2 is 2.00 bits per heavy atom. The van der Waals surface area contributed by atoms with Crippen molar-refractivity contribution in [1.29, 1.82) is 0 Å². The molecule has 2 heteroatoms. The van der Waals surface area contributed by atoms with Crippen molar-refractivity contribution in [2.24, 2.45) is 0 Å². The molecular formula is C14H15NS. The van der Waals surface area contributed by atoms with Crippen LogP contribution in [0.5, 0.6) is 0 Å². The molecule has 0 radical (unpaired) electrons. The van der Waals surface area contributed by atoms with Crippen LogP contribution in [-0.2, 0) is 6.42 Å². The van der Waals surface area contributed by atoms with Gasteiger partial charge in [0.05, 0.1) is 5.69 Å². The number of nitrogens with zero attached hydrogens (tertiary/aromatic N) is 1. The largest absolute Gasteiger partial charge is 0.240 e. The van der Waals surface area contributed by atoms with Crippen LogP contribution in [0.1, 0.15) is 17.5 Å². The fourth-order valence-corrected chi connectivity index (χ4v) is 2.52. The summed E-state index contributed by atoms with van der Waals surface area (Å²) in [7, 11) is 0. The summed E-state index contributed by atoms with van der Waals surface area (Å²) < 4.78 is 0. The SMILES string of the molecule is C=C(C)Cc1nc(-c2ccccc2)sc1C. The average Bonchev–Trinajstić information content (AvgIpc) is 2.61. The molecule has 1 nitrogen and oxygen atoms in total. The van der Waals surface area contributed by atoms with Crippen LogP contribution < -0.4 is 0 Å². The normalized spacial score (nSPS) is 10.4. The first-order chi connectivity index (χ1) is 7.66. The molecule has 0 aliphatic heterocycles. The first kappa shape index (κ1) is 11.1. The van der Waals surface area contributed by atoms with E-state index in [1.54, 1.807) is 11.3 Å². The molecule has 2 aromatic rings. The van der Waals surface area contributed by atoms with Crippen LogP contribution >= 0.6 is 11.3 Å². The van der Waals surface area contributed by atoms with Gasteiger partial charge in [0.25, 0.3) is 0 Å². The van der Waals surface area contributed by atoms with Crippen molar-refractivity contribution in [2.75, 3.05) is 0 Å². The monoisotopic (exact) mass is 229 g/mol. The van der Waals surface area contributed by atoms with Gasteiger partial charge in [0.1, 0.15) is 5.01 Å². The quantitative estimate of drug-likeness (QED) is 0.717. The van der Waals surface area contributed by atoms with E-state index >= 15 is 0 Å². The van der Waals surface area contributed by atoms with Crippen LogP contribution in [0.25, 0.3) is 10.6 Å². The average molecular weight is 229 g/mol. The van der Waals surface area contributed by atoms with Gasteiger partial charge >= 0.3 is 0 Å². The van der Waals surface area contributed by atoms with Gasteiger partial charge in [-0.3, -0.25) is 0 Å². The van der Waals surface area contributed by atoms with E-state index in [2.05, 4.69) is 30.6 Å². The lowest BCUT2D eigenvalue weighted by atomic mass is 10.2. The molecule has 0 fully saturated rings. The summed E-state index contributed by atoms with van der Waals surface area (Å²) in [6.07, 6.45) is 0.884. The summed E-state index contributed by atoms with van der Waals surface area (Å²) in [6, 6.07) is 10.3. The fraction of sp³-hybridized carbons (Fsp3) is 0.214. The van der Waals surface area contributed by atoms with Crippen molar-refractivity contribution in [1.82, 2.24) is 4.98 Å². The lowest BCUT2D eigenvalue weighted by Crippen LogP contribution is -1.88. The Balaban J connectivity index is 2.34. The number of aromatic nitrogens is 1. The van der Waals surface area contributed by atoms with Crippen molar-refractivity contribution < 1.29 is 0 Å². The number of allylic oxidation sites excluding steroid dienone is 1. The first-order valence-electron chi connectivity index (χ1n) is 5.33. The number of benzene rings is 1. The van der Waals surface area contributed by atoms with E-state index in [-0.39, 0.29) is 0 Å². The van der Waals surface area contributed by atoms with E-state index in [4.69, 9.17) is 0 Å². The molecule has 0 amide bonds. The molecule has 0 aliphatic carbocycles. The molecule has 0 unspecified atom stereocenters. The number of aryl methyl sites for hydroxylation is 1. The lowest BCUT2D eigenvalue weighted by molar-refractivity contribution is 1.06. The minimum atomic E-state index is 0.884. The zero-order valence-electron chi connectivity index (χ0n) is 9.66. The Kier molecular flexibility index (Phi) is 3.20. The molecule has 1 aromatic carbocycles. The summed E-state index contributed by atoms with van der Waals surface area (Å²) >= 11 is 1.76. The van der Waals surface area contributed by atoms with Crippen molar-refractivity contribution in [2.45, 2.75) is 20.3 Å². The highest BCUT2D eigenvalue weighted by molar-refractivity contribution is 7.15. The summed E-state index contributed by atoms with van der Waals surface area (Å²) in [5, 5.41) is 1.11. The summed E-state index contributed by atoms with van der Waals surface area (Å²) in [6.45, 7) is 8.11. The number of hydrogen-bond acceptors (Lipinski definition) is 2. The highest BCUT2D eigenvalue weighted by Crippen LogP contribution is 2.28. The zero-order valence-corrected chi connectivity index (χ0v) is 10.5. The Morgan fingerprint density at radius 1 is 1.31 bits per heavy atom. The van der Waals surface area contributed by atoms with Crippen LogP contribution in [0.3, 0.4) is 0 Å². The molecule has 0 saturated heterocycles. The third kappa shape index (κ3) is 2.39. The van der Waals surface area contributed by atoms with Gasteiger partial charge in [-0.25, -0.2) is 4.98 Å². The third-order valence-electron chi connectivity index (χ3n) is 2.38. The number of rotatable bonds is 3. The molecular weight excluding hydrogens is 214 g/mol. The highest BCUT2D eigenvalue weighted by atomic mass is 32.1. The minimum Gasteiger partial charge on any atom is -0.240 e. The molecule has 0 saturated carbocycles. The molecule has 0 bridgehead atoms. The van der Waals surface area contributed by atoms with Gasteiger partial charge in [-0.15, -0.1) is 11.3 Å². The first-order valence-corrected chi connectivity index (χ1v) is 6.14. The maximum atomic E-state index is 4.68. The molecule has 1 heterocycles. The van der Waals surface area contributed by atoms with Crippen molar-refractivity contribution in [3.63, 3.8) is 0 Å². The Bertz CT molecular complexity index is 497. The van der Waals surface area contributed by atoms with Gasteiger partial charge in [0, 0.05) is 16.9 Å². The predicted octanol–water partition coefficient (Wildman–Crippen LogP) is 4.24. The van der Waals surface area contributed by atoms with E-state index in [1.807, 2.05) is 25.1 Å². The van der Waals surface area contributed by atoms with Crippen molar-refractivity contribution >= 4 is 11.3 Å². The van der Waals surface area contributed by atoms with E-state index in [0.717, 1.165) is 22.7 Å². The summed E-state index contributed by atoms with van der Waals surface area (Å²) in [4.78, 5) is 5.97. The van der Waals surface area contributed by atoms with E-state index in [1.165, 1.54) is 10.4 Å². The van der Waals surface area contributed by atoms with E-state index in [9.17, 15) is 0 Å². The molecule has 1 aromatic heterocycles. The minimum absolute atomic E-state index is 0.884. The molecule has 0 aliphatic rings. The number of hydrogen-bond donors (Lipinski definition) is 0. The molecule has 16 heavy (non-hydrogen) atoms. The van der Waals surface area contributed by atoms with Gasteiger partial charge in [0.2, 0.25) is 0 Å². The van der Waals surface area contributed by atoms with Gasteiger partial charge in [-0.1, -0.05) is 42.5 Å². The van der Waals surface area contributed by atoms with Crippen molar-refractivity contribution in [3.8, 4) is 10.6 Å². The van der Waals surface area contributed by atoms with Crippen LogP contribution in [0.4, 0.5) is 0 Å². The molecule has 82 valence electrons. The third-order valence-corrected chi connectivity index (χ3v) is 3.44. The highest BCUT2D eigenvalue weighted by Gasteiger charge is 2.08. The molecule has 0 N–H and O–H groups in total. The molecule has 2 rings (SSSR count). The smallest absolute Gasteiger partial charge is 0.123 e. The second-order valence-corrected chi connectivity index (χ2v) is 5.23. The molecule has 0 atom stereocenters. The second-order valence-electron chi connectivity index (χ2n) is 4.02. The Hall–Kier alpha value is -1.41. The van der Waals surface area contributed by atoms with Gasteiger partial charge in [-0.2, -0.15) is 0 Å². The standard InChI is InChI=1S/C14H15NS/c1-10(2)9-13-11(3)16-14(15-13)12-7-5-4-6-8-12/h4-8H,1,9H2,2-3H3. The van der Waals surface area contributed by atoms with Gasteiger partial charge in [0.15, 0.2) is 0 Å². The van der Waals surface area contributed by atoms with Crippen LogP contribution in [0.15, 0.2) is 42.5 Å². The Morgan fingerprint density at radius 3 is 2.62 bits per heavy atom. The van der Waals surface area contributed by atoms with Gasteiger partial charge in [-0.05, 0) is 13.8 Å². The zero-order chi connectivity index (χ0) is 11.5. The second kappa shape index (κ2) is 4.62. The topological polar surface area (TPSA) is 12.9 Å². The number of thiazole rings is 1. The van der Waals surface area contributed by atoms with E-state index < -0.39 is 0 Å². The summed E-state index contributed by atoms with van der Waals surface area (Å²) in [5.74, 6) is 0. The maximum absolute atomic E-state index is 4.68. The Labute approximate surface area is 100 Å². The lowest BCUT2D eigenvalue weighted by Gasteiger charge is -1.96. The van der Waals surface area contributed by atoms with Crippen molar-refractivity contribution in [3.05, 3.63) is 53.1 Å². The van der Waals surface area contributed by atoms with Crippen LogP contribution in [-0.4, -0.2) is 4.98 Å². The maximum Gasteiger partial charge on any atom is 0.123 e. The molecule has 0 spiro atoms. The van der Waals surface area contributed by atoms with Crippen LogP contribution in [0, 0.1) is 6.92 Å². The van der Waals surface area contributed by atoms with Crippen LogP contribution in [0.2, 0.25) is 0 Å². The van der Waals surface area contributed by atoms with Gasteiger partial charge < -0.3 is 0 Å². The summed E-state index contributed by atoms with van der Waals surface area (Å²) in [5.41, 5.74) is 3.52. The fourth-order valence-electron chi connectivity index (χ4n) is 1.58.